The lowest BCUT2D eigenvalue weighted by Gasteiger charge is -2.19. The number of aryl methyl sites for hydroxylation is 1. The second-order valence-electron chi connectivity index (χ2n) is 6.96. The van der Waals surface area contributed by atoms with Crippen LogP contribution in [0.1, 0.15) is 22.5 Å². The average Bonchev–Trinajstić information content (AvgIpc) is 3.03. The third kappa shape index (κ3) is 4.27. The minimum atomic E-state index is 0.752. The predicted octanol–water partition coefficient (Wildman–Crippen LogP) is 5.72. The monoisotopic (exact) mass is 380 g/mol. The van der Waals surface area contributed by atoms with Crippen molar-refractivity contribution in [3.8, 4) is 0 Å². The van der Waals surface area contributed by atoms with Gasteiger partial charge in [0.1, 0.15) is 0 Å². The Hall–Kier alpha value is -3.66. The van der Waals surface area contributed by atoms with Crippen molar-refractivity contribution in [2.45, 2.75) is 20.4 Å². The summed E-state index contributed by atoms with van der Waals surface area (Å²) in [6.07, 6.45) is 1.92. The van der Waals surface area contributed by atoms with E-state index in [9.17, 15) is 0 Å². The molecule has 0 fully saturated rings. The van der Waals surface area contributed by atoms with E-state index in [1.54, 1.807) is 0 Å². The van der Waals surface area contributed by atoms with E-state index in [0.29, 0.717) is 0 Å². The van der Waals surface area contributed by atoms with Crippen LogP contribution in [0.2, 0.25) is 0 Å². The average molecular weight is 380 g/mol. The fourth-order valence-electron chi connectivity index (χ4n) is 3.34. The lowest BCUT2D eigenvalue weighted by atomic mass is 10.2. The number of hydrogen-bond donors (Lipinski definition) is 0. The van der Waals surface area contributed by atoms with Crippen molar-refractivity contribution in [1.29, 1.82) is 0 Å². The van der Waals surface area contributed by atoms with Gasteiger partial charge in [-0.05, 0) is 43.7 Å². The van der Waals surface area contributed by atoms with Crippen LogP contribution >= 0.6 is 0 Å². The highest BCUT2D eigenvalue weighted by Gasteiger charge is 2.12. The highest BCUT2D eigenvalue weighted by molar-refractivity contribution is 5.84. The smallest absolute Gasteiger partial charge is 0.0685 e. The van der Waals surface area contributed by atoms with Gasteiger partial charge in [-0.2, -0.15) is 10.2 Å². The summed E-state index contributed by atoms with van der Waals surface area (Å²) in [7, 11) is 0. The highest BCUT2D eigenvalue weighted by atomic mass is 15.5. The Bertz CT molecular complexity index is 1040. The second-order valence-corrected chi connectivity index (χ2v) is 6.96. The highest BCUT2D eigenvalue weighted by Crippen LogP contribution is 2.25. The first-order valence-electron chi connectivity index (χ1n) is 9.74. The maximum absolute atomic E-state index is 4.83. The first-order chi connectivity index (χ1) is 14.2. The van der Waals surface area contributed by atoms with Crippen LogP contribution in [0, 0.1) is 13.8 Å². The number of nitrogens with zero attached hydrogens (tertiary/aromatic N) is 4. The maximum Gasteiger partial charge on any atom is 0.0685 e. The molecule has 0 saturated carbocycles. The Labute approximate surface area is 171 Å². The first-order valence-corrected chi connectivity index (χ1v) is 9.74. The van der Waals surface area contributed by atoms with Crippen LogP contribution < -0.4 is 5.01 Å². The van der Waals surface area contributed by atoms with E-state index < -0.39 is 0 Å². The van der Waals surface area contributed by atoms with Crippen LogP contribution in [-0.2, 0) is 6.54 Å². The third-order valence-electron chi connectivity index (χ3n) is 4.92. The number of para-hydroxylation sites is 2. The Morgan fingerprint density at radius 1 is 0.793 bits per heavy atom. The van der Waals surface area contributed by atoms with Crippen LogP contribution in [0.5, 0.6) is 0 Å². The molecule has 0 radical (unpaired) electrons. The summed E-state index contributed by atoms with van der Waals surface area (Å²) >= 11 is 0. The van der Waals surface area contributed by atoms with E-state index >= 15 is 0 Å². The van der Waals surface area contributed by atoms with Gasteiger partial charge in [-0.15, -0.1) is 0 Å². The third-order valence-corrected chi connectivity index (χ3v) is 4.92. The van der Waals surface area contributed by atoms with E-state index in [2.05, 4.69) is 55.5 Å². The number of benzene rings is 3. The molecule has 0 saturated heterocycles. The van der Waals surface area contributed by atoms with Crippen molar-refractivity contribution in [3.05, 3.63) is 114 Å². The number of rotatable bonds is 6. The van der Waals surface area contributed by atoms with Crippen molar-refractivity contribution < 1.29 is 0 Å². The minimum absolute atomic E-state index is 0.752. The van der Waals surface area contributed by atoms with Gasteiger partial charge in [-0.25, -0.2) is 5.01 Å². The zero-order valence-corrected chi connectivity index (χ0v) is 16.7. The Kier molecular flexibility index (Phi) is 5.52. The van der Waals surface area contributed by atoms with Gasteiger partial charge in [-0.3, -0.25) is 4.68 Å². The van der Waals surface area contributed by atoms with Crippen LogP contribution in [0.15, 0.2) is 96.1 Å². The molecule has 0 aliphatic carbocycles. The zero-order valence-electron chi connectivity index (χ0n) is 16.7. The molecule has 4 nitrogen and oxygen atoms in total. The van der Waals surface area contributed by atoms with Gasteiger partial charge >= 0.3 is 0 Å². The van der Waals surface area contributed by atoms with Gasteiger partial charge in [0.05, 0.1) is 29.8 Å². The topological polar surface area (TPSA) is 33.4 Å². The molecule has 0 bridgehead atoms. The summed E-state index contributed by atoms with van der Waals surface area (Å²) in [4.78, 5) is 0. The minimum Gasteiger partial charge on any atom is -0.265 e. The van der Waals surface area contributed by atoms with Gasteiger partial charge in [0, 0.05) is 11.3 Å². The molecular formula is C25H24N4. The summed E-state index contributed by atoms with van der Waals surface area (Å²) in [5.41, 5.74) is 6.40. The van der Waals surface area contributed by atoms with Crippen molar-refractivity contribution >= 4 is 17.6 Å². The fraction of sp³-hybridized carbons (Fsp3) is 0.120. The van der Waals surface area contributed by atoms with Crippen LogP contribution in [0.3, 0.4) is 0 Å². The molecule has 0 unspecified atom stereocenters. The molecule has 0 amide bonds. The Morgan fingerprint density at radius 2 is 1.31 bits per heavy atom. The normalized spacial score (nSPS) is 11.1. The molecule has 0 atom stereocenters. The molecule has 3 aromatic carbocycles. The summed E-state index contributed by atoms with van der Waals surface area (Å²) in [6.45, 7) is 4.88. The summed E-state index contributed by atoms with van der Waals surface area (Å²) < 4.78 is 2.04. The number of hydrazone groups is 1. The number of aromatic nitrogens is 2. The van der Waals surface area contributed by atoms with E-state index in [1.807, 2.05) is 65.3 Å². The molecule has 4 heteroatoms. The molecule has 0 aliphatic heterocycles. The molecule has 4 rings (SSSR count). The zero-order chi connectivity index (χ0) is 20.1. The van der Waals surface area contributed by atoms with Crippen molar-refractivity contribution in [2.75, 3.05) is 5.01 Å². The van der Waals surface area contributed by atoms with E-state index in [4.69, 9.17) is 10.2 Å². The molecule has 4 aromatic rings. The van der Waals surface area contributed by atoms with E-state index in [1.165, 1.54) is 5.56 Å². The number of hydrogen-bond acceptors (Lipinski definition) is 3. The molecule has 29 heavy (non-hydrogen) atoms. The van der Waals surface area contributed by atoms with Crippen molar-refractivity contribution in [1.82, 2.24) is 9.78 Å². The van der Waals surface area contributed by atoms with Crippen molar-refractivity contribution in [2.24, 2.45) is 5.10 Å². The standard InChI is InChI=1S/C25H24N4/c1-20-25(21(2)28(27-20)19-22-12-6-3-7-13-22)18-26-29(23-14-8-4-9-15-23)24-16-10-5-11-17-24/h3-18H,19H2,1-2H3/b26-18-. The van der Waals surface area contributed by atoms with Gasteiger partial charge in [0.15, 0.2) is 0 Å². The second kappa shape index (κ2) is 8.57. The maximum atomic E-state index is 4.83. The first kappa shape index (κ1) is 18.7. The van der Waals surface area contributed by atoms with E-state index in [0.717, 1.165) is 34.9 Å². The quantitative estimate of drug-likeness (QED) is 0.317. The van der Waals surface area contributed by atoms with Gasteiger partial charge < -0.3 is 0 Å². The predicted molar refractivity (Wildman–Crippen MR) is 120 cm³/mol. The van der Waals surface area contributed by atoms with Gasteiger partial charge in [0.2, 0.25) is 0 Å². The molecule has 1 heterocycles. The molecule has 144 valence electrons. The number of anilines is 2. The van der Waals surface area contributed by atoms with Gasteiger partial charge in [0.25, 0.3) is 0 Å². The van der Waals surface area contributed by atoms with Crippen molar-refractivity contribution in [3.63, 3.8) is 0 Å². The fourth-order valence-corrected chi connectivity index (χ4v) is 3.34. The lowest BCUT2D eigenvalue weighted by molar-refractivity contribution is 0.659. The molecular weight excluding hydrogens is 356 g/mol. The molecule has 1 aromatic heterocycles. The summed E-state index contributed by atoms with van der Waals surface area (Å²) in [6, 6.07) is 30.7. The lowest BCUT2D eigenvalue weighted by Crippen LogP contribution is -2.09. The summed E-state index contributed by atoms with van der Waals surface area (Å²) in [5.74, 6) is 0. The summed E-state index contributed by atoms with van der Waals surface area (Å²) in [5, 5.41) is 11.5. The molecule has 0 N–H and O–H groups in total. The van der Waals surface area contributed by atoms with E-state index in [-0.39, 0.29) is 0 Å². The van der Waals surface area contributed by atoms with Gasteiger partial charge in [-0.1, -0.05) is 66.7 Å². The molecule has 0 spiro atoms. The Balaban J connectivity index is 1.66. The molecule has 0 aliphatic rings. The van der Waals surface area contributed by atoms with Crippen LogP contribution in [-0.4, -0.2) is 16.0 Å². The van der Waals surface area contributed by atoms with Crippen LogP contribution in [0.25, 0.3) is 0 Å². The SMILES string of the molecule is Cc1nn(Cc2ccccc2)c(C)c1/C=N\N(c1ccccc1)c1ccccc1. The largest absolute Gasteiger partial charge is 0.265 e. The Morgan fingerprint density at radius 3 is 1.86 bits per heavy atom. The van der Waals surface area contributed by atoms with Crippen LogP contribution in [0.4, 0.5) is 11.4 Å².